The largest absolute Gasteiger partial charge is 0.367 e. The van der Waals surface area contributed by atoms with Crippen LogP contribution >= 0.6 is 0 Å². The molecule has 0 radical (unpaired) electrons. The molecular formula is C13H21N7. The number of hydrogen-bond donors (Lipinski definition) is 4. The van der Waals surface area contributed by atoms with Gasteiger partial charge in [0.05, 0.1) is 11.6 Å². The fraction of sp³-hybridized carbons (Fsp3) is 0.615. The minimum atomic E-state index is 0.382. The normalized spacial score (nSPS) is 21.9. The van der Waals surface area contributed by atoms with Crippen LogP contribution < -0.4 is 16.6 Å². The first-order chi connectivity index (χ1) is 9.57. The Bertz CT molecular complexity index is 604. The molecule has 1 aliphatic carbocycles. The number of nitrogens with two attached hydrogens (primary N) is 1. The van der Waals surface area contributed by atoms with E-state index in [0.29, 0.717) is 23.1 Å². The van der Waals surface area contributed by atoms with Gasteiger partial charge in [-0.15, -0.1) is 0 Å². The number of fused-ring (bicyclic) bond motifs is 1. The second-order valence-corrected chi connectivity index (χ2v) is 6.27. The number of nitrogen functional groups attached to an aromatic ring is 1. The van der Waals surface area contributed by atoms with Crippen molar-refractivity contribution in [2.24, 2.45) is 11.3 Å². The fourth-order valence-electron chi connectivity index (χ4n) is 3.02. The summed E-state index contributed by atoms with van der Waals surface area (Å²) < 4.78 is 0. The van der Waals surface area contributed by atoms with Crippen LogP contribution in [0.4, 0.5) is 11.8 Å². The van der Waals surface area contributed by atoms with Crippen LogP contribution in [-0.2, 0) is 0 Å². The highest BCUT2D eigenvalue weighted by molar-refractivity contribution is 5.87. The van der Waals surface area contributed by atoms with Crippen LogP contribution in [0, 0.1) is 5.41 Å². The third-order valence-electron chi connectivity index (χ3n) is 3.98. The summed E-state index contributed by atoms with van der Waals surface area (Å²) in [7, 11) is 0. The van der Waals surface area contributed by atoms with Crippen LogP contribution in [0.3, 0.4) is 0 Å². The van der Waals surface area contributed by atoms with Gasteiger partial charge in [0, 0.05) is 6.04 Å². The predicted octanol–water partition coefficient (Wildman–Crippen LogP) is 2.02. The molecule has 1 atom stereocenters. The lowest BCUT2D eigenvalue weighted by atomic mass is 9.75. The highest BCUT2D eigenvalue weighted by Gasteiger charge is 2.28. The minimum Gasteiger partial charge on any atom is -0.367 e. The first-order valence-corrected chi connectivity index (χ1v) is 7.02. The van der Waals surface area contributed by atoms with Crippen molar-refractivity contribution >= 4 is 22.8 Å². The SMILES string of the molecule is CC1(C)CCCC(Nc2nc(NN)nc3[nH]ncc23)C1. The number of anilines is 2. The maximum Gasteiger partial charge on any atom is 0.241 e. The lowest BCUT2D eigenvalue weighted by Gasteiger charge is -2.35. The highest BCUT2D eigenvalue weighted by Crippen LogP contribution is 2.36. The maximum atomic E-state index is 5.42. The molecule has 20 heavy (non-hydrogen) atoms. The molecule has 1 fully saturated rings. The van der Waals surface area contributed by atoms with E-state index in [0.717, 1.165) is 24.0 Å². The molecule has 2 aromatic heterocycles. The Kier molecular flexibility index (Phi) is 3.21. The van der Waals surface area contributed by atoms with Crippen molar-refractivity contribution < 1.29 is 0 Å². The Balaban J connectivity index is 1.88. The third kappa shape index (κ3) is 2.53. The van der Waals surface area contributed by atoms with E-state index >= 15 is 0 Å². The van der Waals surface area contributed by atoms with Crippen LogP contribution in [0.5, 0.6) is 0 Å². The van der Waals surface area contributed by atoms with Gasteiger partial charge in [0.25, 0.3) is 0 Å². The highest BCUT2D eigenvalue weighted by atomic mass is 15.3. The van der Waals surface area contributed by atoms with Crippen LogP contribution in [0.2, 0.25) is 0 Å². The van der Waals surface area contributed by atoms with Crippen molar-refractivity contribution in [3.63, 3.8) is 0 Å². The Labute approximate surface area is 117 Å². The number of nitrogens with zero attached hydrogens (tertiary/aromatic N) is 3. The van der Waals surface area contributed by atoms with Gasteiger partial charge >= 0.3 is 0 Å². The van der Waals surface area contributed by atoms with Crippen molar-refractivity contribution in [2.75, 3.05) is 10.7 Å². The molecular weight excluding hydrogens is 254 g/mol. The van der Waals surface area contributed by atoms with Gasteiger partial charge in [0.1, 0.15) is 5.82 Å². The van der Waals surface area contributed by atoms with Crippen LogP contribution in [-0.4, -0.2) is 26.2 Å². The van der Waals surface area contributed by atoms with E-state index in [-0.39, 0.29) is 0 Å². The molecule has 0 spiro atoms. The lowest BCUT2D eigenvalue weighted by molar-refractivity contribution is 0.229. The van der Waals surface area contributed by atoms with Crippen molar-refractivity contribution in [3.8, 4) is 0 Å². The Morgan fingerprint density at radius 1 is 1.40 bits per heavy atom. The molecule has 2 aromatic rings. The molecule has 7 heteroatoms. The summed E-state index contributed by atoms with van der Waals surface area (Å²) in [5, 5.41) is 11.3. The standard InChI is InChI=1S/C13H21N7/c1-13(2)5-3-4-8(6-13)16-10-9-7-15-20-11(9)18-12(17-10)19-14/h7-8H,3-6,14H2,1-2H3,(H3,15,16,17,18,19,20). The summed E-state index contributed by atoms with van der Waals surface area (Å²) in [4.78, 5) is 8.65. The lowest BCUT2D eigenvalue weighted by Crippen LogP contribution is -2.32. The second kappa shape index (κ2) is 4.90. The van der Waals surface area contributed by atoms with Crippen LogP contribution in [0.15, 0.2) is 6.20 Å². The van der Waals surface area contributed by atoms with Crippen molar-refractivity contribution in [1.29, 1.82) is 0 Å². The summed E-state index contributed by atoms with van der Waals surface area (Å²) >= 11 is 0. The summed E-state index contributed by atoms with van der Waals surface area (Å²) in [6.45, 7) is 4.64. The number of hydrazine groups is 1. The van der Waals surface area contributed by atoms with Gasteiger partial charge in [-0.2, -0.15) is 15.1 Å². The van der Waals surface area contributed by atoms with E-state index < -0.39 is 0 Å². The average Bonchev–Trinajstić information content (AvgIpc) is 2.85. The molecule has 0 aromatic carbocycles. The summed E-state index contributed by atoms with van der Waals surface area (Å²) in [6.07, 6.45) is 6.57. The Morgan fingerprint density at radius 3 is 3.00 bits per heavy atom. The predicted molar refractivity (Wildman–Crippen MR) is 79.2 cm³/mol. The summed E-state index contributed by atoms with van der Waals surface area (Å²) in [6, 6.07) is 0.428. The maximum absolute atomic E-state index is 5.42. The topological polar surface area (TPSA) is 105 Å². The first-order valence-electron chi connectivity index (χ1n) is 7.02. The van der Waals surface area contributed by atoms with Gasteiger partial charge in [0.15, 0.2) is 5.65 Å². The number of H-pyrrole nitrogens is 1. The molecule has 1 unspecified atom stereocenters. The molecule has 0 saturated heterocycles. The molecule has 1 saturated carbocycles. The summed E-state index contributed by atoms with van der Waals surface area (Å²) in [5.41, 5.74) is 3.56. The van der Waals surface area contributed by atoms with Gasteiger partial charge < -0.3 is 5.32 Å². The molecule has 5 N–H and O–H groups in total. The van der Waals surface area contributed by atoms with Crippen molar-refractivity contribution in [2.45, 2.75) is 45.6 Å². The van der Waals surface area contributed by atoms with Crippen molar-refractivity contribution in [3.05, 3.63) is 6.20 Å². The van der Waals surface area contributed by atoms with Gasteiger partial charge in [-0.25, -0.2) is 5.84 Å². The Hall–Kier alpha value is -1.89. The average molecular weight is 275 g/mol. The molecule has 0 amide bonds. The number of aromatic amines is 1. The Morgan fingerprint density at radius 2 is 2.25 bits per heavy atom. The van der Waals surface area contributed by atoms with Crippen LogP contribution in [0.25, 0.3) is 11.0 Å². The molecule has 3 rings (SSSR count). The van der Waals surface area contributed by atoms with E-state index in [1.807, 2.05) is 0 Å². The van der Waals surface area contributed by atoms with E-state index in [9.17, 15) is 0 Å². The smallest absolute Gasteiger partial charge is 0.241 e. The van der Waals surface area contributed by atoms with E-state index in [2.05, 4.69) is 44.8 Å². The quantitative estimate of drug-likeness (QED) is 0.504. The number of nitrogens with one attached hydrogen (secondary N) is 3. The van der Waals surface area contributed by atoms with Crippen LogP contribution in [0.1, 0.15) is 39.5 Å². The number of aromatic nitrogens is 4. The number of hydrogen-bond acceptors (Lipinski definition) is 6. The second-order valence-electron chi connectivity index (χ2n) is 6.27. The van der Waals surface area contributed by atoms with E-state index in [1.165, 1.54) is 12.8 Å². The van der Waals surface area contributed by atoms with E-state index in [4.69, 9.17) is 5.84 Å². The zero-order valence-corrected chi connectivity index (χ0v) is 11.9. The molecule has 0 aliphatic heterocycles. The fourth-order valence-corrected chi connectivity index (χ4v) is 3.02. The van der Waals surface area contributed by atoms with Gasteiger partial charge in [0.2, 0.25) is 5.95 Å². The zero-order valence-electron chi connectivity index (χ0n) is 11.9. The van der Waals surface area contributed by atoms with Gasteiger partial charge in [-0.1, -0.05) is 20.3 Å². The monoisotopic (exact) mass is 275 g/mol. The van der Waals surface area contributed by atoms with Gasteiger partial charge in [-0.05, 0) is 24.7 Å². The number of rotatable bonds is 3. The van der Waals surface area contributed by atoms with E-state index in [1.54, 1.807) is 6.20 Å². The van der Waals surface area contributed by atoms with Crippen molar-refractivity contribution in [1.82, 2.24) is 20.2 Å². The molecule has 7 nitrogen and oxygen atoms in total. The summed E-state index contributed by atoms with van der Waals surface area (Å²) in [5.74, 6) is 6.60. The molecule has 0 bridgehead atoms. The zero-order chi connectivity index (χ0) is 14.2. The first kappa shape index (κ1) is 13.1. The van der Waals surface area contributed by atoms with Gasteiger partial charge in [-0.3, -0.25) is 10.5 Å². The molecule has 2 heterocycles. The third-order valence-corrected chi connectivity index (χ3v) is 3.98. The minimum absolute atomic E-state index is 0.382. The molecule has 108 valence electrons. The molecule has 1 aliphatic rings.